The van der Waals surface area contributed by atoms with E-state index in [1.165, 1.54) is 0 Å². The first-order chi connectivity index (χ1) is 10.4. The van der Waals surface area contributed by atoms with E-state index in [0.717, 1.165) is 38.5 Å². The number of nitrogens with one attached hydrogen (secondary N) is 1. The number of halogens is 3. The Morgan fingerprint density at radius 1 is 1.23 bits per heavy atom. The molecule has 0 amide bonds. The third-order valence-corrected chi connectivity index (χ3v) is 5.41. The Labute approximate surface area is 130 Å². The number of hydrogen-bond acceptors (Lipinski definition) is 3. The van der Waals surface area contributed by atoms with Gasteiger partial charge in [-0.15, -0.1) is 0 Å². The lowest BCUT2D eigenvalue weighted by Gasteiger charge is -2.24. The van der Waals surface area contributed by atoms with Crippen molar-refractivity contribution in [3.05, 3.63) is 15.9 Å². The van der Waals surface area contributed by atoms with E-state index in [4.69, 9.17) is 0 Å². The molecule has 22 heavy (non-hydrogen) atoms. The lowest BCUT2D eigenvalue weighted by atomic mass is 10.1. The van der Waals surface area contributed by atoms with Crippen molar-refractivity contribution < 1.29 is 13.2 Å². The van der Waals surface area contributed by atoms with Crippen LogP contribution in [-0.4, -0.2) is 21.0 Å². The van der Waals surface area contributed by atoms with Gasteiger partial charge >= 0.3 is 6.18 Å². The van der Waals surface area contributed by atoms with Gasteiger partial charge in [-0.3, -0.25) is 14.6 Å². The molecule has 122 valence electrons. The lowest BCUT2D eigenvalue weighted by molar-refractivity contribution is -0.129. The van der Waals surface area contributed by atoms with E-state index < -0.39 is 17.0 Å². The van der Waals surface area contributed by atoms with Crippen LogP contribution in [0.25, 0.3) is 0 Å². The van der Waals surface area contributed by atoms with Gasteiger partial charge in [-0.25, -0.2) is 4.99 Å². The van der Waals surface area contributed by atoms with E-state index in [2.05, 4.69) is 10.1 Å². The number of aromatic amines is 1. The Hall–Kier alpha value is -1.18. The number of thioether (sulfide) groups is 1. The topological polar surface area (TPSA) is 50.1 Å². The molecule has 1 unspecified atom stereocenters. The average molecular weight is 333 g/mol. The predicted molar refractivity (Wildman–Crippen MR) is 80.9 cm³/mol. The fourth-order valence-electron chi connectivity index (χ4n) is 3.22. The van der Waals surface area contributed by atoms with Crippen molar-refractivity contribution in [2.45, 2.75) is 62.9 Å². The number of rotatable bonds is 1. The van der Waals surface area contributed by atoms with Crippen LogP contribution in [0.5, 0.6) is 0 Å². The molecule has 1 fully saturated rings. The van der Waals surface area contributed by atoms with Crippen LogP contribution in [0.2, 0.25) is 0 Å². The summed E-state index contributed by atoms with van der Waals surface area (Å²) in [5.74, 6) is 0.176. The summed E-state index contributed by atoms with van der Waals surface area (Å²) in [5.41, 5.74) is -0.905. The number of alkyl halides is 3. The Kier molecular flexibility index (Phi) is 4.13. The number of aliphatic imine (C=N–C) groups is 1. The van der Waals surface area contributed by atoms with E-state index >= 15 is 0 Å². The monoisotopic (exact) mass is 333 g/mol. The summed E-state index contributed by atoms with van der Waals surface area (Å²) in [6.07, 6.45) is 1.60. The zero-order valence-electron chi connectivity index (χ0n) is 12.2. The zero-order chi connectivity index (χ0) is 15.9. The molecule has 0 aromatic carbocycles. The van der Waals surface area contributed by atoms with Crippen LogP contribution < -0.4 is 5.56 Å². The Balaban J connectivity index is 2.07. The molecule has 2 heterocycles. The molecule has 1 N–H and O–H groups in total. The minimum atomic E-state index is -4.46. The van der Waals surface area contributed by atoms with Crippen LogP contribution in [-0.2, 0) is 0 Å². The average Bonchev–Trinajstić information content (AvgIpc) is 2.65. The summed E-state index contributed by atoms with van der Waals surface area (Å²) >= 11 is 0.606. The third kappa shape index (κ3) is 2.85. The SMILES string of the molecule is CC1=Nc2c(c(=O)[nH]n2C2CCCCCC2)C(C(F)(F)F)S1. The van der Waals surface area contributed by atoms with Crippen molar-refractivity contribution in [1.29, 1.82) is 0 Å². The molecule has 3 rings (SSSR count). The molecule has 2 aliphatic rings. The predicted octanol–water partition coefficient (Wildman–Crippen LogP) is 4.47. The first-order valence-electron chi connectivity index (χ1n) is 7.51. The number of aromatic nitrogens is 2. The molecule has 4 nitrogen and oxygen atoms in total. The minimum absolute atomic E-state index is 0.0347. The molecule has 1 aliphatic carbocycles. The summed E-state index contributed by atoms with van der Waals surface area (Å²) in [6.45, 7) is 1.56. The smallest absolute Gasteiger partial charge is 0.268 e. The lowest BCUT2D eigenvalue weighted by Crippen LogP contribution is -2.25. The molecule has 1 aliphatic heterocycles. The van der Waals surface area contributed by atoms with Gasteiger partial charge in [-0.05, 0) is 19.8 Å². The molecule has 0 saturated heterocycles. The van der Waals surface area contributed by atoms with Crippen LogP contribution in [0, 0.1) is 0 Å². The van der Waals surface area contributed by atoms with Crippen LogP contribution in [0.4, 0.5) is 19.0 Å². The molecule has 1 aromatic heterocycles. The summed E-state index contributed by atoms with van der Waals surface area (Å²) < 4.78 is 41.3. The maximum absolute atomic E-state index is 13.3. The number of hydrogen-bond donors (Lipinski definition) is 1. The maximum Gasteiger partial charge on any atom is 0.405 e. The largest absolute Gasteiger partial charge is 0.405 e. The van der Waals surface area contributed by atoms with Crippen LogP contribution in [0.15, 0.2) is 9.79 Å². The van der Waals surface area contributed by atoms with Crippen molar-refractivity contribution in [2.24, 2.45) is 4.99 Å². The van der Waals surface area contributed by atoms with Crippen LogP contribution in [0.3, 0.4) is 0 Å². The van der Waals surface area contributed by atoms with Gasteiger partial charge in [0.25, 0.3) is 5.56 Å². The van der Waals surface area contributed by atoms with Gasteiger partial charge < -0.3 is 0 Å². The zero-order valence-corrected chi connectivity index (χ0v) is 13.1. The molecular formula is C14H18F3N3OS. The molecule has 0 spiro atoms. The van der Waals surface area contributed by atoms with Crippen molar-refractivity contribution in [1.82, 2.24) is 9.78 Å². The van der Waals surface area contributed by atoms with Crippen LogP contribution >= 0.6 is 11.8 Å². The highest BCUT2D eigenvalue weighted by atomic mass is 32.2. The number of H-pyrrole nitrogens is 1. The van der Waals surface area contributed by atoms with Gasteiger partial charge in [0.05, 0.1) is 16.6 Å². The first kappa shape index (κ1) is 15.7. The molecular weight excluding hydrogens is 315 g/mol. The summed E-state index contributed by atoms with van der Waals surface area (Å²) in [6, 6.07) is 0.0347. The molecule has 0 radical (unpaired) electrons. The fourth-order valence-corrected chi connectivity index (χ4v) is 4.16. The normalized spacial score (nSPS) is 23.8. The van der Waals surface area contributed by atoms with E-state index in [9.17, 15) is 18.0 Å². The van der Waals surface area contributed by atoms with Gasteiger partial charge in [0.1, 0.15) is 5.25 Å². The highest BCUT2D eigenvalue weighted by molar-refractivity contribution is 8.14. The standard InChI is InChI=1S/C14H18F3N3OS/c1-8-18-12-10(11(22-8)14(15,16)17)13(21)19-20(12)9-6-4-2-3-5-7-9/h9,11H,2-7H2,1H3,(H,19,21). The Morgan fingerprint density at radius 3 is 2.45 bits per heavy atom. The number of nitrogens with zero attached hydrogens (tertiary/aromatic N) is 2. The van der Waals surface area contributed by atoms with Gasteiger partial charge in [0, 0.05) is 0 Å². The van der Waals surface area contributed by atoms with Gasteiger partial charge in [-0.1, -0.05) is 37.4 Å². The maximum atomic E-state index is 13.3. The molecule has 0 bridgehead atoms. The van der Waals surface area contributed by atoms with Gasteiger partial charge in [0.2, 0.25) is 0 Å². The summed E-state index contributed by atoms with van der Waals surface area (Å²) in [7, 11) is 0. The van der Waals surface area contributed by atoms with E-state index in [1.54, 1.807) is 11.6 Å². The summed E-state index contributed by atoms with van der Waals surface area (Å²) in [4.78, 5) is 16.4. The first-order valence-corrected chi connectivity index (χ1v) is 8.39. The van der Waals surface area contributed by atoms with Crippen LogP contribution in [0.1, 0.15) is 62.3 Å². The minimum Gasteiger partial charge on any atom is -0.268 e. The van der Waals surface area contributed by atoms with Gasteiger partial charge in [0.15, 0.2) is 5.82 Å². The number of fused-ring (bicyclic) bond motifs is 1. The van der Waals surface area contributed by atoms with E-state index in [0.29, 0.717) is 16.8 Å². The highest BCUT2D eigenvalue weighted by Gasteiger charge is 2.47. The molecule has 1 aromatic rings. The van der Waals surface area contributed by atoms with Crippen molar-refractivity contribution in [3.63, 3.8) is 0 Å². The highest BCUT2D eigenvalue weighted by Crippen LogP contribution is 2.49. The van der Waals surface area contributed by atoms with Gasteiger partial charge in [-0.2, -0.15) is 13.2 Å². The molecule has 1 atom stereocenters. The van der Waals surface area contributed by atoms with Crippen molar-refractivity contribution in [2.75, 3.05) is 0 Å². The van der Waals surface area contributed by atoms with E-state index in [-0.39, 0.29) is 17.4 Å². The fraction of sp³-hybridized carbons (Fsp3) is 0.714. The van der Waals surface area contributed by atoms with Crippen molar-refractivity contribution >= 4 is 22.6 Å². The quantitative estimate of drug-likeness (QED) is 0.771. The van der Waals surface area contributed by atoms with Crippen molar-refractivity contribution in [3.8, 4) is 0 Å². The second-order valence-corrected chi connectivity index (χ2v) is 7.16. The second kappa shape index (κ2) is 5.79. The third-order valence-electron chi connectivity index (χ3n) is 4.24. The summed E-state index contributed by atoms with van der Waals surface area (Å²) in [5, 5.41) is 1.14. The Bertz CT molecular complexity index is 639. The Morgan fingerprint density at radius 2 is 1.86 bits per heavy atom. The molecule has 8 heteroatoms. The second-order valence-electron chi connectivity index (χ2n) is 5.86. The molecule has 1 saturated carbocycles. The van der Waals surface area contributed by atoms with E-state index in [1.807, 2.05) is 0 Å².